The van der Waals surface area contributed by atoms with Gasteiger partial charge in [-0.15, -0.1) is 11.3 Å². The molecule has 146 valence electrons. The van der Waals surface area contributed by atoms with Crippen LogP contribution in [0.25, 0.3) is 17.3 Å². The Labute approximate surface area is 186 Å². The quantitative estimate of drug-likeness (QED) is 0.471. The molecule has 0 saturated carbocycles. The van der Waals surface area contributed by atoms with Crippen molar-refractivity contribution >= 4 is 46.2 Å². The van der Waals surface area contributed by atoms with Crippen LogP contribution in [0.2, 0.25) is 10.0 Å². The van der Waals surface area contributed by atoms with Gasteiger partial charge >= 0.3 is 0 Å². The average molecular weight is 450 g/mol. The van der Waals surface area contributed by atoms with Crippen LogP contribution in [-0.4, -0.2) is 9.55 Å². The van der Waals surface area contributed by atoms with Gasteiger partial charge in [0, 0.05) is 6.20 Å². The number of para-hydroxylation sites is 1. The summed E-state index contributed by atoms with van der Waals surface area (Å²) in [5.74, 6) is 0. The van der Waals surface area contributed by atoms with E-state index in [-0.39, 0.29) is 5.56 Å². The zero-order valence-corrected chi connectivity index (χ0v) is 17.7. The molecule has 2 aromatic carbocycles. The minimum absolute atomic E-state index is 0.249. The van der Waals surface area contributed by atoms with Gasteiger partial charge in [-0.3, -0.25) is 14.3 Å². The molecule has 0 N–H and O–H groups in total. The van der Waals surface area contributed by atoms with Crippen LogP contribution in [0.4, 0.5) is 0 Å². The maximum absolute atomic E-state index is 13.4. The number of pyridine rings is 1. The Morgan fingerprint density at radius 2 is 1.80 bits per heavy atom. The molecular weight excluding hydrogens is 437 g/mol. The topological polar surface area (TPSA) is 58.7 Å². The molecule has 0 amide bonds. The number of benzene rings is 2. The molecule has 0 aliphatic heterocycles. The fourth-order valence-electron chi connectivity index (χ4n) is 2.96. The van der Waals surface area contributed by atoms with Crippen molar-refractivity contribution in [3.8, 4) is 11.8 Å². The third-order valence-electron chi connectivity index (χ3n) is 4.35. The monoisotopic (exact) mass is 449 g/mol. The number of rotatable bonds is 3. The van der Waals surface area contributed by atoms with E-state index in [9.17, 15) is 10.1 Å². The molecule has 7 heteroatoms. The summed E-state index contributed by atoms with van der Waals surface area (Å²) < 4.78 is 2.46. The molecule has 2 heterocycles. The zero-order valence-electron chi connectivity index (χ0n) is 15.4. The first-order valence-electron chi connectivity index (χ1n) is 8.89. The molecule has 4 nitrogen and oxygen atoms in total. The summed E-state index contributed by atoms with van der Waals surface area (Å²) in [6.45, 7) is 0. The molecule has 0 fully saturated rings. The van der Waals surface area contributed by atoms with Crippen LogP contribution < -0.4 is 14.8 Å². The Hall–Kier alpha value is -3.17. The standard InChI is InChI=1S/C23H13Cl2N3OS/c24-18-10-6-7-15(21(18)25)13-20-22(29)28(16-8-2-1-3-9-16)23(30-20)17(14-26)19-11-4-5-12-27-19/h1-13H/b20-13-,23-17+. The number of hydrogen-bond acceptors (Lipinski definition) is 4. The summed E-state index contributed by atoms with van der Waals surface area (Å²) in [5, 5.41) is 10.7. The molecule has 0 atom stereocenters. The molecule has 0 spiro atoms. The fourth-order valence-corrected chi connectivity index (χ4v) is 4.43. The minimum Gasteiger partial charge on any atom is -0.267 e. The lowest BCUT2D eigenvalue weighted by Crippen LogP contribution is -2.30. The lowest BCUT2D eigenvalue weighted by molar-refractivity contribution is 0.985. The zero-order chi connectivity index (χ0) is 21.1. The maximum atomic E-state index is 13.4. The van der Waals surface area contributed by atoms with E-state index in [2.05, 4.69) is 11.1 Å². The first-order valence-corrected chi connectivity index (χ1v) is 10.5. The Balaban J connectivity index is 2.12. The van der Waals surface area contributed by atoms with Crippen LogP contribution in [0.5, 0.6) is 0 Å². The van der Waals surface area contributed by atoms with Crippen LogP contribution in [0.3, 0.4) is 0 Å². The van der Waals surface area contributed by atoms with Crippen molar-refractivity contribution in [2.45, 2.75) is 0 Å². The number of aromatic nitrogens is 2. The van der Waals surface area contributed by atoms with Gasteiger partial charge in [-0.05, 0) is 42.0 Å². The van der Waals surface area contributed by atoms with Gasteiger partial charge in [0.1, 0.15) is 16.3 Å². The van der Waals surface area contributed by atoms with Crippen molar-refractivity contribution in [3.05, 3.63) is 114 Å². The van der Waals surface area contributed by atoms with Crippen LogP contribution in [0.15, 0.2) is 77.7 Å². The van der Waals surface area contributed by atoms with E-state index in [0.717, 1.165) is 0 Å². The van der Waals surface area contributed by atoms with E-state index in [4.69, 9.17) is 23.2 Å². The highest BCUT2D eigenvalue weighted by atomic mass is 35.5. The second-order valence-corrected chi connectivity index (χ2v) is 8.05. The molecule has 30 heavy (non-hydrogen) atoms. The summed E-state index contributed by atoms with van der Waals surface area (Å²) in [4.78, 5) is 17.7. The highest BCUT2D eigenvalue weighted by molar-refractivity contribution is 7.07. The third kappa shape index (κ3) is 3.81. The predicted molar refractivity (Wildman–Crippen MR) is 122 cm³/mol. The second-order valence-electron chi connectivity index (χ2n) is 6.24. The Morgan fingerprint density at radius 3 is 2.50 bits per heavy atom. The predicted octanol–water partition coefficient (Wildman–Crippen LogP) is 4.15. The van der Waals surface area contributed by atoms with Crippen molar-refractivity contribution in [3.63, 3.8) is 0 Å². The van der Waals surface area contributed by atoms with Crippen LogP contribution >= 0.6 is 34.5 Å². The lowest BCUT2D eigenvalue weighted by Gasteiger charge is -2.03. The van der Waals surface area contributed by atoms with Gasteiger partial charge in [0.15, 0.2) is 0 Å². The van der Waals surface area contributed by atoms with Crippen LogP contribution in [0.1, 0.15) is 11.3 Å². The number of nitriles is 1. The van der Waals surface area contributed by atoms with Gasteiger partial charge in [0.25, 0.3) is 5.56 Å². The van der Waals surface area contributed by atoms with E-state index < -0.39 is 0 Å². The number of hydrogen-bond donors (Lipinski definition) is 0. The Kier molecular flexibility index (Phi) is 5.82. The molecule has 0 saturated heterocycles. The fraction of sp³-hybridized carbons (Fsp3) is 0. The van der Waals surface area contributed by atoms with E-state index in [1.807, 2.05) is 30.3 Å². The van der Waals surface area contributed by atoms with Crippen molar-refractivity contribution in [2.75, 3.05) is 0 Å². The summed E-state index contributed by atoms with van der Waals surface area (Å²) in [6.07, 6.45) is 3.31. The lowest BCUT2D eigenvalue weighted by atomic mass is 10.2. The third-order valence-corrected chi connectivity index (χ3v) is 6.28. The van der Waals surface area contributed by atoms with Crippen LogP contribution in [-0.2, 0) is 0 Å². The van der Waals surface area contributed by atoms with Gasteiger partial charge in [-0.2, -0.15) is 5.26 Å². The largest absolute Gasteiger partial charge is 0.273 e. The summed E-state index contributed by atoms with van der Waals surface area (Å²) in [6, 6.07) is 22.0. The molecule has 4 rings (SSSR count). The summed E-state index contributed by atoms with van der Waals surface area (Å²) >= 11 is 13.6. The molecule has 0 aliphatic carbocycles. The van der Waals surface area contributed by atoms with Crippen LogP contribution in [0, 0.1) is 11.3 Å². The smallest absolute Gasteiger partial charge is 0.267 e. The molecule has 4 aromatic rings. The normalized spacial score (nSPS) is 12.5. The first kappa shape index (κ1) is 20.1. The Morgan fingerprint density at radius 1 is 1.03 bits per heavy atom. The summed E-state index contributed by atoms with van der Waals surface area (Å²) in [7, 11) is 0. The van der Waals surface area contributed by atoms with Gasteiger partial charge in [-0.1, -0.05) is 59.6 Å². The Bertz CT molecular complexity index is 1440. The molecule has 0 aliphatic rings. The highest BCUT2D eigenvalue weighted by Crippen LogP contribution is 2.25. The molecule has 0 bridgehead atoms. The molecule has 2 aromatic heterocycles. The van der Waals surface area contributed by atoms with E-state index in [0.29, 0.717) is 41.8 Å². The van der Waals surface area contributed by atoms with E-state index in [1.165, 1.54) is 15.9 Å². The van der Waals surface area contributed by atoms with Gasteiger partial charge in [0.2, 0.25) is 0 Å². The second kappa shape index (κ2) is 8.68. The maximum Gasteiger partial charge on any atom is 0.273 e. The molecule has 0 radical (unpaired) electrons. The average Bonchev–Trinajstić information content (AvgIpc) is 3.09. The first-order chi connectivity index (χ1) is 14.6. The number of halogens is 2. The highest BCUT2D eigenvalue weighted by Gasteiger charge is 2.14. The molecular formula is C23H13Cl2N3OS. The van der Waals surface area contributed by atoms with E-state index >= 15 is 0 Å². The SMILES string of the molecule is N#C/C(c1ccccn1)=c1\s/c(=C\c2cccc(Cl)c2Cl)c(=O)n1-c1ccccc1. The molecule has 0 unspecified atom stereocenters. The number of thiazole rings is 1. The number of nitrogens with zero attached hydrogens (tertiary/aromatic N) is 3. The van der Waals surface area contributed by atoms with Crippen molar-refractivity contribution in [1.82, 2.24) is 9.55 Å². The van der Waals surface area contributed by atoms with Gasteiger partial charge in [-0.25, -0.2) is 0 Å². The minimum atomic E-state index is -0.249. The van der Waals surface area contributed by atoms with E-state index in [1.54, 1.807) is 48.7 Å². The van der Waals surface area contributed by atoms with Crippen molar-refractivity contribution < 1.29 is 0 Å². The van der Waals surface area contributed by atoms with Crippen molar-refractivity contribution in [1.29, 1.82) is 5.26 Å². The van der Waals surface area contributed by atoms with Crippen molar-refractivity contribution in [2.24, 2.45) is 0 Å². The summed E-state index contributed by atoms with van der Waals surface area (Å²) in [5.41, 5.74) is 1.86. The van der Waals surface area contributed by atoms with Gasteiger partial charge < -0.3 is 0 Å². The van der Waals surface area contributed by atoms with Gasteiger partial charge in [0.05, 0.1) is 26.0 Å².